The highest BCUT2D eigenvalue weighted by atomic mass is 19.1. The Hall–Kier alpha value is -3.15. The van der Waals surface area contributed by atoms with E-state index < -0.39 is 0 Å². The van der Waals surface area contributed by atoms with Crippen LogP contribution in [0, 0.1) is 5.82 Å². The molecule has 1 amide bonds. The summed E-state index contributed by atoms with van der Waals surface area (Å²) in [5.41, 5.74) is 2.82. The summed E-state index contributed by atoms with van der Waals surface area (Å²) in [7, 11) is 0. The molecular formula is C21H18FNO4. The molecule has 1 aliphatic rings. The molecule has 0 aliphatic heterocycles. The van der Waals surface area contributed by atoms with E-state index in [1.807, 2.05) is 6.07 Å². The van der Waals surface area contributed by atoms with Gasteiger partial charge in [0.2, 0.25) is 0 Å². The molecule has 0 fully saturated rings. The van der Waals surface area contributed by atoms with Crippen molar-refractivity contribution in [3.63, 3.8) is 0 Å². The number of ether oxygens (including phenoxy) is 1. The maximum Gasteiger partial charge on any atom is 0.339 e. The molecular weight excluding hydrogens is 349 g/mol. The van der Waals surface area contributed by atoms with E-state index in [9.17, 15) is 14.0 Å². The molecule has 0 radical (unpaired) electrons. The highest BCUT2D eigenvalue weighted by Gasteiger charge is 2.19. The standard InChI is InChI=1S/C21H18FNO4/c22-14-6-4-13(5-7-14)11-23-20(24)12-26-15-8-9-17-16-2-1-3-18(16)21(25)27-19(17)10-15/h4-10H,1-3,11-12H2,(H,23,24). The van der Waals surface area contributed by atoms with Crippen LogP contribution in [-0.2, 0) is 24.2 Å². The average Bonchev–Trinajstić information content (AvgIpc) is 3.16. The number of hydrogen-bond donors (Lipinski definition) is 1. The Labute approximate surface area is 154 Å². The maximum atomic E-state index is 12.9. The molecule has 0 spiro atoms. The van der Waals surface area contributed by atoms with Crippen LogP contribution < -0.4 is 15.7 Å². The first-order chi connectivity index (χ1) is 13.1. The third-order valence-corrected chi connectivity index (χ3v) is 4.72. The fourth-order valence-electron chi connectivity index (χ4n) is 3.36. The topological polar surface area (TPSA) is 68.5 Å². The number of amides is 1. The molecule has 27 heavy (non-hydrogen) atoms. The van der Waals surface area contributed by atoms with E-state index >= 15 is 0 Å². The molecule has 1 heterocycles. The van der Waals surface area contributed by atoms with Crippen LogP contribution in [0.3, 0.4) is 0 Å². The third kappa shape index (κ3) is 3.69. The Morgan fingerprint density at radius 1 is 1.11 bits per heavy atom. The van der Waals surface area contributed by atoms with E-state index in [0.29, 0.717) is 17.9 Å². The molecule has 5 nitrogen and oxygen atoms in total. The molecule has 1 N–H and O–H groups in total. The second-order valence-electron chi connectivity index (χ2n) is 6.55. The lowest BCUT2D eigenvalue weighted by molar-refractivity contribution is -0.123. The average molecular weight is 367 g/mol. The predicted molar refractivity (Wildman–Crippen MR) is 98.3 cm³/mol. The van der Waals surface area contributed by atoms with E-state index in [0.717, 1.165) is 41.3 Å². The number of hydrogen-bond acceptors (Lipinski definition) is 4. The van der Waals surface area contributed by atoms with Crippen LogP contribution in [0.15, 0.2) is 51.7 Å². The Morgan fingerprint density at radius 3 is 2.70 bits per heavy atom. The van der Waals surface area contributed by atoms with E-state index in [1.165, 1.54) is 12.1 Å². The van der Waals surface area contributed by atoms with Gasteiger partial charge in [-0.25, -0.2) is 9.18 Å². The van der Waals surface area contributed by atoms with Gasteiger partial charge in [-0.2, -0.15) is 0 Å². The van der Waals surface area contributed by atoms with Crippen LogP contribution >= 0.6 is 0 Å². The monoisotopic (exact) mass is 367 g/mol. The zero-order valence-corrected chi connectivity index (χ0v) is 14.6. The van der Waals surface area contributed by atoms with Gasteiger partial charge < -0.3 is 14.5 Å². The molecule has 138 valence electrons. The van der Waals surface area contributed by atoms with Gasteiger partial charge in [0.15, 0.2) is 6.61 Å². The number of rotatable bonds is 5. The van der Waals surface area contributed by atoms with E-state index in [1.54, 1.807) is 24.3 Å². The Morgan fingerprint density at radius 2 is 1.89 bits per heavy atom. The van der Waals surface area contributed by atoms with Crippen molar-refractivity contribution in [2.75, 3.05) is 6.61 Å². The van der Waals surface area contributed by atoms with Crippen molar-refractivity contribution in [1.29, 1.82) is 0 Å². The van der Waals surface area contributed by atoms with Crippen molar-refractivity contribution in [1.82, 2.24) is 5.32 Å². The van der Waals surface area contributed by atoms with Crippen molar-refractivity contribution < 1.29 is 18.3 Å². The number of benzene rings is 2. The summed E-state index contributed by atoms with van der Waals surface area (Å²) in [5.74, 6) is -0.155. The quantitative estimate of drug-likeness (QED) is 0.704. The molecule has 6 heteroatoms. The summed E-state index contributed by atoms with van der Waals surface area (Å²) in [4.78, 5) is 24.0. The van der Waals surface area contributed by atoms with Crippen LogP contribution in [0.1, 0.15) is 23.1 Å². The first-order valence-electron chi connectivity index (χ1n) is 8.83. The summed E-state index contributed by atoms with van der Waals surface area (Å²) in [5, 5.41) is 3.64. The van der Waals surface area contributed by atoms with Gasteiger partial charge in [0.1, 0.15) is 17.1 Å². The first-order valence-corrected chi connectivity index (χ1v) is 8.83. The van der Waals surface area contributed by atoms with E-state index in [-0.39, 0.29) is 24.0 Å². The number of fused-ring (bicyclic) bond motifs is 3. The molecule has 2 aromatic carbocycles. The lowest BCUT2D eigenvalue weighted by atomic mass is 10.1. The van der Waals surface area contributed by atoms with Gasteiger partial charge in [-0.3, -0.25) is 4.79 Å². The lowest BCUT2D eigenvalue weighted by Gasteiger charge is -2.09. The van der Waals surface area contributed by atoms with Gasteiger partial charge in [0, 0.05) is 23.6 Å². The minimum Gasteiger partial charge on any atom is -0.484 e. The van der Waals surface area contributed by atoms with Gasteiger partial charge in [-0.05, 0) is 54.7 Å². The first kappa shape index (κ1) is 17.3. The Balaban J connectivity index is 1.40. The molecule has 4 rings (SSSR count). The summed E-state index contributed by atoms with van der Waals surface area (Å²) < 4.78 is 23.8. The minimum absolute atomic E-state index is 0.165. The molecule has 3 aromatic rings. The fraction of sp³-hybridized carbons (Fsp3) is 0.238. The van der Waals surface area contributed by atoms with Gasteiger partial charge in [-0.1, -0.05) is 12.1 Å². The van der Waals surface area contributed by atoms with Gasteiger partial charge in [0.25, 0.3) is 5.91 Å². The van der Waals surface area contributed by atoms with Crippen molar-refractivity contribution in [2.24, 2.45) is 0 Å². The van der Waals surface area contributed by atoms with Crippen molar-refractivity contribution >= 4 is 16.9 Å². The normalized spacial score (nSPS) is 12.8. The lowest BCUT2D eigenvalue weighted by Crippen LogP contribution is -2.28. The summed E-state index contributed by atoms with van der Waals surface area (Å²) in [6, 6.07) is 11.2. The highest BCUT2D eigenvalue weighted by Crippen LogP contribution is 2.29. The Bertz CT molecular complexity index is 1060. The number of carbonyl (C=O) groups excluding carboxylic acids is 1. The fourth-order valence-corrected chi connectivity index (χ4v) is 3.36. The van der Waals surface area contributed by atoms with E-state index in [2.05, 4.69) is 5.32 Å². The van der Waals surface area contributed by atoms with Crippen LogP contribution in [0.4, 0.5) is 4.39 Å². The van der Waals surface area contributed by atoms with Crippen LogP contribution in [0.25, 0.3) is 11.0 Å². The van der Waals surface area contributed by atoms with Crippen LogP contribution in [0.2, 0.25) is 0 Å². The molecule has 0 unspecified atom stereocenters. The minimum atomic E-state index is -0.318. The molecule has 0 saturated heterocycles. The van der Waals surface area contributed by atoms with Crippen molar-refractivity contribution in [2.45, 2.75) is 25.8 Å². The summed E-state index contributed by atoms with van der Waals surface area (Å²) in [6.45, 7) is 0.128. The van der Waals surface area contributed by atoms with Crippen molar-refractivity contribution in [3.05, 3.63) is 75.4 Å². The second kappa shape index (κ2) is 7.23. The molecule has 0 atom stereocenters. The van der Waals surface area contributed by atoms with Crippen molar-refractivity contribution in [3.8, 4) is 5.75 Å². The smallest absolute Gasteiger partial charge is 0.339 e. The molecule has 0 bridgehead atoms. The molecule has 1 aliphatic carbocycles. The second-order valence-corrected chi connectivity index (χ2v) is 6.55. The number of aryl methyl sites for hydroxylation is 1. The predicted octanol–water partition coefficient (Wildman–Crippen LogP) is 3.12. The van der Waals surface area contributed by atoms with Crippen LogP contribution in [-0.4, -0.2) is 12.5 Å². The zero-order valence-electron chi connectivity index (χ0n) is 14.6. The summed E-state index contributed by atoms with van der Waals surface area (Å²) >= 11 is 0. The Kier molecular flexibility index (Phi) is 4.62. The highest BCUT2D eigenvalue weighted by molar-refractivity contribution is 5.83. The van der Waals surface area contributed by atoms with Gasteiger partial charge in [0.05, 0.1) is 0 Å². The maximum absolute atomic E-state index is 12.9. The van der Waals surface area contributed by atoms with Crippen LogP contribution in [0.5, 0.6) is 5.75 Å². The largest absolute Gasteiger partial charge is 0.484 e. The number of halogens is 1. The molecule has 0 saturated carbocycles. The SMILES string of the molecule is O=C(COc1ccc2c3c(c(=O)oc2c1)CCC3)NCc1ccc(F)cc1. The van der Waals surface area contributed by atoms with Gasteiger partial charge in [-0.15, -0.1) is 0 Å². The number of carbonyl (C=O) groups is 1. The number of nitrogens with one attached hydrogen (secondary N) is 1. The van der Waals surface area contributed by atoms with E-state index in [4.69, 9.17) is 9.15 Å². The molecule has 1 aromatic heterocycles. The third-order valence-electron chi connectivity index (χ3n) is 4.72. The summed E-state index contributed by atoms with van der Waals surface area (Å²) in [6.07, 6.45) is 2.61. The zero-order chi connectivity index (χ0) is 18.8. The van der Waals surface area contributed by atoms with Gasteiger partial charge >= 0.3 is 5.63 Å².